The Kier molecular flexibility index (Phi) is 11.5. The van der Waals surface area contributed by atoms with E-state index in [4.69, 9.17) is 46.4 Å². The summed E-state index contributed by atoms with van der Waals surface area (Å²) in [7, 11) is -4.24. The molecule has 0 heterocycles. The quantitative estimate of drug-likeness (QED) is 0.219. The molecule has 0 unspecified atom stereocenters. The molecule has 40 heavy (non-hydrogen) atoms. The largest absolute Gasteiger partial charge is 0.354 e. The first-order chi connectivity index (χ1) is 18.9. The zero-order valence-corrected chi connectivity index (χ0v) is 25.8. The summed E-state index contributed by atoms with van der Waals surface area (Å²) in [5, 5.41) is 3.85. The maximum absolute atomic E-state index is 13.9. The van der Waals surface area contributed by atoms with Gasteiger partial charge in [-0.1, -0.05) is 84.0 Å². The highest BCUT2D eigenvalue weighted by Gasteiger charge is 2.32. The standard InChI is InChI=1S/C28H29Cl4N3O4S/c1-3-4-12-33-28(37)19(2)34(17-20-10-11-25(31)26(32)13-20)27(36)18-35(23-15-21(29)14-22(30)16-23)40(38,39)24-8-6-5-7-9-24/h5-11,13-16,19H,3-4,12,17-18H2,1-2H3,(H,33,37)/t19-/m1/s1. The van der Waals surface area contributed by atoms with Crippen LogP contribution in [0, 0.1) is 0 Å². The molecular weight excluding hydrogens is 616 g/mol. The number of nitrogens with zero attached hydrogens (tertiary/aromatic N) is 2. The topological polar surface area (TPSA) is 86.8 Å². The molecule has 3 aromatic rings. The molecule has 2 amide bonds. The van der Waals surface area contributed by atoms with Crippen molar-refractivity contribution in [3.63, 3.8) is 0 Å². The molecule has 0 aliphatic carbocycles. The highest BCUT2D eigenvalue weighted by molar-refractivity contribution is 7.92. The van der Waals surface area contributed by atoms with Crippen LogP contribution in [-0.4, -0.2) is 44.3 Å². The first-order valence-corrected chi connectivity index (χ1v) is 15.4. The molecule has 3 aromatic carbocycles. The van der Waals surface area contributed by atoms with Gasteiger partial charge in [-0.25, -0.2) is 8.42 Å². The van der Waals surface area contributed by atoms with Gasteiger partial charge in [0.25, 0.3) is 10.0 Å². The second-order valence-corrected chi connectivity index (χ2v) is 12.6. The zero-order chi connectivity index (χ0) is 29.4. The SMILES string of the molecule is CCCCNC(=O)[C@@H](C)N(Cc1ccc(Cl)c(Cl)c1)C(=O)CN(c1cc(Cl)cc(Cl)c1)S(=O)(=O)c1ccccc1. The number of amides is 2. The minimum atomic E-state index is -4.24. The molecule has 0 aromatic heterocycles. The van der Waals surface area contributed by atoms with Crippen molar-refractivity contribution in [2.45, 2.75) is 44.2 Å². The average molecular weight is 645 g/mol. The van der Waals surface area contributed by atoms with Gasteiger partial charge < -0.3 is 10.2 Å². The van der Waals surface area contributed by atoms with Crippen LogP contribution in [0.25, 0.3) is 0 Å². The molecule has 0 spiro atoms. The van der Waals surface area contributed by atoms with Crippen LogP contribution in [-0.2, 0) is 26.2 Å². The highest BCUT2D eigenvalue weighted by Crippen LogP contribution is 2.30. The Hall–Kier alpha value is -2.49. The first-order valence-electron chi connectivity index (χ1n) is 12.5. The second kappa shape index (κ2) is 14.4. The van der Waals surface area contributed by atoms with E-state index in [9.17, 15) is 18.0 Å². The van der Waals surface area contributed by atoms with E-state index >= 15 is 0 Å². The monoisotopic (exact) mass is 643 g/mol. The number of anilines is 1. The van der Waals surface area contributed by atoms with Crippen LogP contribution in [0.3, 0.4) is 0 Å². The number of halogens is 4. The number of benzene rings is 3. The molecular formula is C28H29Cl4N3O4S. The van der Waals surface area contributed by atoms with Gasteiger partial charge >= 0.3 is 0 Å². The Morgan fingerprint density at radius 2 is 1.55 bits per heavy atom. The Morgan fingerprint density at radius 3 is 2.15 bits per heavy atom. The van der Waals surface area contributed by atoms with E-state index in [1.165, 1.54) is 35.2 Å². The van der Waals surface area contributed by atoms with Crippen molar-refractivity contribution in [2.75, 3.05) is 17.4 Å². The number of nitrogens with one attached hydrogen (secondary N) is 1. The Bertz CT molecular complexity index is 1430. The minimum absolute atomic E-state index is 0.0202. The summed E-state index contributed by atoms with van der Waals surface area (Å²) in [6.45, 7) is 3.39. The fraction of sp³-hybridized carbons (Fsp3) is 0.286. The van der Waals surface area contributed by atoms with E-state index in [0.29, 0.717) is 17.1 Å². The molecule has 0 saturated carbocycles. The average Bonchev–Trinajstić information content (AvgIpc) is 2.91. The molecule has 0 saturated heterocycles. The van der Waals surface area contributed by atoms with Crippen molar-refractivity contribution in [3.05, 3.63) is 92.4 Å². The summed E-state index contributed by atoms with van der Waals surface area (Å²) in [6.07, 6.45) is 1.66. The van der Waals surface area contributed by atoms with E-state index in [0.717, 1.165) is 17.1 Å². The molecule has 214 valence electrons. The third-order valence-electron chi connectivity index (χ3n) is 6.08. The fourth-order valence-corrected chi connectivity index (χ4v) is 6.14. The van der Waals surface area contributed by atoms with Gasteiger partial charge in [-0.15, -0.1) is 0 Å². The van der Waals surface area contributed by atoms with Gasteiger partial charge in [0.1, 0.15) is 12.6 Å². The number of hydrogen-bond donors (Lipinski definition) is 1. The lowest BCUT2D eigenvalue weighted by Crippen LogP contribution is -2.51. The zero-order valence-electron chi connectivity index (χ0n) is 21.9. The van der Waals surface area contributed by atoms with Crippen LogP contribution < -0.4 is 9.62 Å². The molecule has 0 radical (unpaired) electrons. The van der Waals surface area contributed by atoms with Gasteiger partial charge in [0.2, 0.25) is 11.8 Å². The number of carbonyl (C=O) groups is 2. The van der Waals surface area contributed by atoms with Gasteiger partial charge in [-0.3, -0.25) is 13.9 Å². The summed E-state index contributed by atoms with van der Waals surface area (Å²) < 4.78 is 28.5. The van der Waals surface area contributed by atoms with Crippen LogP contribution in [0.1, 0.15) is 32.3 Å². The second-order valence-electron chi connectivity index (χ2n) is 9.04. The van der Waals surface area contributed by atoms with Crippen molar-refractivity contribution in [2.24, 2.45) is 0 Å². The first kappa shape index (κ1) is 32.0. The third-order valence-corrected chi connectivity index (χ3v) is 9.04. The minimum Gasteiger partial charge on any atom is -0.354 e. The van der Waals surface area contributed by atoms with E-state index in [1.807, 2.05) is 6.92 Å². The van der Waals surface area contributed by atoms with Crippen molar-refractivity contribution in [1.29, 1.82) is 0 Å². The molecule has 1 atom stereocenters. The summed E-state index contributed by atoms with van der Waals surface area (Å²) in [5.41, 5.74) is 0.712. The maximum atomic E-state index is 13.9. The third kappa shape index (κ3) is 8.27. The molecule has 7 nitrogen and oxygen atoms in total. The highest BCUT2D eigenvalue weighted by atomic mass is 35.5. The van der Waals surface area contributed by atoms with E-state index in [-0.39, 0.29) is 38.1 Å². The van der Waals surface area contributed by atoms with Crippen LogP contribution >= 0.6 is 46.4 Å². The number of carbonyl (C=O) groups excluding carboxylic acids is 2. The van der Waals surface area contributed by atoms with Gasteiger partial charge in [0.15, 0.2) is 0 Å². The van der Waals surface area contributed by atoms with Crippen LogP contribution in [0.15, 0.2) is 71.6 Å². The Labute approximate surface area is 255 Å². The van der Waals surface area contributed by atoms with Gasteiger partial charge in [-0.05, 0) is 61.4 Å². The predicted molar refractivity (Wildman–Crippen MR) is 162 cm³/mol. The van der Waals surface area contributed by atoms with Crippen molar-refractivity contribution < 1.29 is 18.0 Å². The van der Waals surface area contributed by atoms with Gasteiger partial charge in [-0.2, -0.15) is 0 Å². The summed E-state index contributed by atoms with van der Waals surface area (Å²) in [5.74, 6) is -0.995. The van der Waals surface area contributed by atoms with Crippen LogP contribution in [0.2, 0.25) is 20.1 Å². The predicted octanol–water partition coefficient (Wildman–Crippen LogP) is 6.83. The number of hydrogen-bond acceptors (Lipinski definition) is 4. The maximum Gasteiger partial charge on any atom is 0.264 e. The molecule has 0 bridgehead atoms. The van der Waals surface area contributed by atoms with Crippen LogP contribution in [0.5, 0.6) is 0 Å². The number of rotatable bonds is 12. The van der Waals surface area contributed by atoms with E-state index in [2.05, 4.69) is 5.32 Å². The summed E-state index contributed by atoms with van der Waals surface area (Å²) in [6, 6.07) is 15.9. The van der Waals surface area contributed by atoms with Crippen molar-refractivity contribution in [1.82, 2.24) is 10.2 Å². The molecule has 1 N–H and O–H groups in total. The van der Waals surface area contributed by atoms with E-state index < -0.39 is 28.5 Å². The number of sulfonamides is 1. The smallest absolute Gasteiger partial charge is 0.264 e. The normalized spacial score (nSPS) is 12.1. The Balaban J connectivity index is 2.03. The molecule has 3 rings (SSSR count). The number of unbranched alkanes of at least 4 members (excludes halogenated alkanes) is 1. The lowest BCUT2D eigenvalue weighted by atomic mass is 10.1. The van der Waals surface area contributed by atoms with Gasteiger partial charge in [0, 0.05) is 23.1 Å². The van der Waals surface area contributed by atoms with E-state index in [1.54, 1.807) is 43.3 Å². The summed E-state index contributed by atoms with van der Waals surface area (Å²) >= 11 is 24.7. The lowest BCUT2D eigenvalue weighted by molar-refractivity contribution is -0.139. The van der Waals surface area contributed by atoms with Gasteiger partial charge in [0.05, 0.1) is 20.6 Å². The Morgan fingerprint density at radius 1 is 0.900 bits per heavy atom. The lowest BCUT2D eigenvalue weighted by Gasteiger charge is -2.32. The molecule has 0 fully saturated rings. The van der Waals surface area contributed by atoms with Crippen LogP contribution in [0.4, 0.5) is 5.69 Å². The van der Waals surface area contributed by atoms with Crippen molar-refractivity contribution >= 4 is 73.9 Å². The fourth-order valence-electron chi connectivity index (χ4n) is 3.89. The summed E-state index contributed by atoms with van der Waals surface area (Å²) in [4.78, 5) is 28.2. The molecule has 12 heteroatoms. The molecule has 0 aliphatic rings. The molecule has 0 aliphatic heterocycles. The van der Waals surface area contributed by atoms with Crippen molar-refractivity contribution in [3.8, 4) is 0 Å².